The number of thiol groups is 1. The molecule has 1 heterocycles. The van der Waals surface area contributed by atoms with Gasteiger partial charge in [-0.2, -0.15) is 18.4 Å². The molecule has 0 atom stereocenters. The third kappa shape index (κ3) is 6.40. The largest absolute Gasteiger partial charge is 0.456 e. The zero-order chi connectivity index (χ0) is 25.8. The van der Waals surface area contributed by atoms with Crippen molar-refractivity contribution >= 4 is 39.9 Å². The number of pyridine rings is 1. The molecule has 35 heavy (non-hydrogen) atoms. The fraction of sp³-hybridized carbons (Fsp3) is 0.136. The van der Waals surface area contributed by atoms with E-state index < -0.39 is 33.6 Å². The Morgan fingerprint density at radius 1 is 1.17 bits per heavy atom. The third-order valence-corrected chi connectivity index (χ3v) is 5.74. The van der Waals surface area contributed by atoms with Gasteiger partial charge in [0.25, 0.3) is 0 Å². The van der Waals surface area contributed by atoms with Gasteiger partial charge in [0.1, 0.15) is 23.4 Å². The van der Waals surface area contributed by atoms with E-state index in [0.29, 0.717) is 18.1 Å². The second-order valence-corrected chi connectivity index (χ2v) is 8.36. The van der Waals surface area contributed by atoms with Crippen molar-refractivity contribution in [1.29, 1.82) is 5.26 Å². The van der Waals surface area contributed by atoms with E-state index in [0.717, 1.165) is 10.4 Å². The first-order chi connectivity index (χ1) is 16.5. The molecule has 2 N–H and O–H groups in total. The maximum absolute atomic E-state index is 13.1. The molecule has 1 amide bonds. The summed E-state index contributed by atoms with van der Waals surface area (Å²) in [5.41, 5.74) is 4.59. The zero-order valence-electron chi connectivity index (χ0n) is 17.6. The van der Waals surface area contributed by atoms with Crippen molar-refractivity contribution < 1.29 is 31.1 Å². The summed E-state index contributed by atoms with van der Waals surface area (Å²) in [6, 6.07) is 11.5. The highest BCUT2D eigenvalue weighted by Crippen LogP contribution is 2.38. The van der Waals surface area contributed by atoms with Crippen molar-refractivity contribution in [2.24, 2.45) is 5.73 Å². The Kier molecular flexibility index (Phi) is 7.83. The lowest BCUT2D eigenvalue weighted by atomic mass is 10.1. The number of nitriles is 1. The van der Waals surface area contributed by atoms with E-state index >= 15 is 0 Å². The zero-order valence-corrected chi connectivity index (χ0v) is 19.3. The molecule has 182 valence electrons. The number of anilines is 2. The van der Waals surface area contributed by atoms with Crippen LogP contribution in [0.5, 0.6) is 11.5 Å². The average molecular weight is 525 g/mol. The number of alkyl halides is 3. The first-order valence-corrected chi connectivity index (χ1v) is 11.3. The molecule has 0 saturated carbocycles. The van der Waals surface area contributed by atoms with Crippen LogP contribution < -0.4 is 14.8 Å². The highest BCUT2D eigenvalue weighted by Gasteiger charge is 2.33. The van der Waals surface area contributed by atoms with Crippen molar-refractivity contribution in [3.05, 3.63) is 76.4 Å². The Morgan fingerprint density at radius 3 is 2.49 bits per heavy atom. The van der Waals surface area contributed by atoms with E-state index in [1.165, 1.54) is 36.5 Å². The van der Waals surface area contributed by atoms with Crippen LogP contribution in [0.3, 0.4) is 0 Å². The molecule has 8 nitrogen and oxygen atoms in total. The lowest BCUT2D eigenvalue weighted by molar-refractivity contribution is -0.137. The van der Waals surface area contributed by atoms with Crippen LogP contribution in [0, 0.1) is 11.3 Å². The van der Waals surface area contributed by atoms with Gasteiger partial charge in [0, 0.05) is 12.6 Å². The molecule has 0 bridgehead atoms. The summed E-state index contributed by atoms with van der Waals surface area (Å²) in [5.74, 6) is -0.777. The van der Waals surface area contributed by atoms with Gasteiger partial charge in [0.2, 0.25) is 16.8 Å². The van der Waals surface area contributed by atoms with Crippen molar-refractivity contribution in [3.63, 3.8) is 0 Å². The quantitative estimate of drug-likeness (QED) is 0.418. The van der Waals surface area contributed by atoms with Crippen LogP contribution in [0.1, 0.15) is 23.1 Å². The topological polar surface area (TPSA) is 126 Å². The maximum Gasteiger partial charge on any atom is 0.417 e. The van der Waals surface area contributed by atoms with E-state index in [4.69, 9.17) is 22.1 Å². The predicted molar refractivity (Wildman–Crippen MR) is 122 cm³/mol. The van der Waals surface area contributed by atoms with Gasteiger partial charge in [-0.25, -0.2) is 17.7 Å². The predicted octanol–water partition coefficient (Wildman–Crippen LogP) is 4.50. The molecule has 2 aromatic carbocycles. The first-order valence-electron chi connectivity index (χ1n) is 9.76. The van der Waals surface area contributed by atoms with Crippen LogP contribution in [-0.4, -0.2) is 19.3 Å². The monoisotopic (exact) mass is 524 g/mol. The van der Waals surface area contributed by atoms with Crippen molar-refractivity contribution in [2.75, 3.05) is 4.31 Å². The number of carbonyl (C=O) groups is 1. The third-order valence-electron chi connectivity index (χ3n) is 4.65. The molecule has 0 saturated heterocycles. The number of rotatable bonds is 8. The second-order valence-electron chi connectivity index (χ2n) is 7.07. The molecule has 0 radical (unpaired) electrons. The Bertz CT molecular complexity index is 1360. The normalized spacial score (nSPS) is 11.2. The fourth-order valence-corrected chi connectivity index (χ4v) is 3.83. The number of nitrogens with two attached hydrogens (primary N) is 1. The number of aryl methyl sites for hydroxylation is 1. The van der Waals surface area contributed by atoms with Crippen LogP contribution in [0.25, 0.3) is 0 Å². The van der Waals surface area contributed by atoms with E-state index in [9.17, 15) is 31.6 Å². The van der Waals surface area contributed by atoms with Crippen molar-refractivity contribution in [2.45, 2.75) is 19.0 Å². The molecule has 0 fully saturated rings. The molecule has 0 aliphatic rings. The number of nitrogens with zero attached hydrogens (tertiary/aromatic N) is 3. The van der Waals surface area contributed by atoms with Gasteiger partial charge in [-0.1, -0.05) is 17.7 Å². The number of primary amides is 1. The van der Waals surface area contributed by atoms with Crippen LogP contribution in [0.15, 0.2) is 54.7 Å². The highest BCUT2D eigenvalue weighted by molar-refractivity contribution is 7.74. The summed E-state index contributed by atoms with van der Waals surface area (Å²) in [5, 5.41) is 9.02. The Labute approximate surface area is 204 Å². The van der Waals surface area contributed by atoms with Gasteiger partial charge in [-0.15, -0.1) is 0 Å². The number of amides is 1. The lowest BCUT2D eigenvalue weighted by Crippen LogP contribution is -2.16. The number of halogens is 4. The van der Waals surface area contributed by atoms with E-state index in [-0.39, 0.29) is 35.0 Å². The van der Waals surface area contributed by atoms with Gasteiger partial charge in [-0.05, 0) is 54.4 Å². The second kappa shape index (κ2) is 10.6. The molecule has 0 aliphatic carbocycles. The van der Waals surface area contributed by atoms with Crippen LogP contribution in [0.2, 0.25) is 5.02 Å². The van der Waals surface area contributed by atoms with Crippen LogP contribution >= 0.6 is 11.6 Å². The Balaban J connectivity index is 1.91. The average Bonchev–Trinajstić information content (AvgIpc) is 2.79. The number of hydrogen-bond donors (Lipinski definition) is 2. The molecular formula is C22H16ClF3N4O4S. The molecule has 3 aromatic rings. The molecule has 0 spiro atoms. The number of aromatic nitrogens is 1. The molecule has 13 heteroatoms. The minimum absolute atomic E-state index is 0.0222. The summed E-state index contributed by atoms with van der Waals surface area (Å²) >= 11 is 5.61. The number of benzene rings is 2. The van der Waals surface area contributed by atoms with Gasteiger partial charge in [0.15, 0.2) is 0 Å². The molecule has 3 rings (SSSR count). The standard InChI is InChI=1S/C22H16ClF3N4O4S/c23-18-5-4-16(10-17(18)22(24,25)26)34-19-6-3-15(9-14(19)11-27)30(35(32)33)21-8-2-13(12-29-21)1-7-20(28)31/h2-6,8-10,12,35H,1,7H2,(H2,28,31). The Morgan fingerprint density at radius 2 is 1.91 bits per heavy atom. The van der Waals surface area contributed by atoms with E-state index in [1.807, 2.05) is 6.07 Å². The molecular weight excluding hydrogens is 509 g/mol. The fourth-order valence-electron chi connectivity index (χ4n) is 3.01. The van der Waals surface area contributed by atoms with Crippen molar-refractivity contribution in [1.82, 2.24) is 4.98 Å². The van der Waals surface area contributed by atoms with Gasteiger partial charge in [0.05, 0.1) is 21.8 Å². The molecule has 1 aromatic heterocycles. The molecule has 0 unspecified atom stereocenters. The summed E-state index contributed by atoms with van der Waals surface area (Å²) in [7, 11) is -3.23. The minimum atomic E-state index is -4.71. The smallest absolute Gasteiger partial charge is 0.417 e. The number of carbonyl (C=O) groups excluding carboxylic acids is 1. The maximum atomic E-state index is 13.1. The van der Waals surface area contributed by atoms with Gasteiger partial charge >= 0.3 is 6.18 Å². The summed E-state index contributed by atoms with van der Waals surface area (Å²) in [4.78, 5) is 15.0. The number of hydrogen-bond acceptors (Lipinski definition) is 6. The van der Waals surface area contributed by atoms with Gasteiger partial charge in [-0.3, -0.25) is 4.79 Å². The van der Waals surface area contributed by atoms with Crippen LogP contribution in [0.4, 0.5) is 24.7 Å². The lowest BCUT2D eigenvalue weighted by Gasteiger charge is -2.18. The Hall–Kier alpha value is -3.82. The van der Waals surface area contributed by atoms with Gasteiger partial charge < -0.3 is 10.5 Å². The minimum Gasteiger partial charge on any atom is -0.456 e. The summed E-state index contributed by atoms with van der Waals surface area (Å²) < 4.78 is 69.6. The highest BCUT2D eigenvalue weighted by atomic mass is 35.5. The van der Waals surface area contributed by atoms with Crippen molar-refractivity contribution in [3.8, 4) is 17.6 Å². The van der Waals surface area contributed by atoms with E-state index in [2.05, 4.69) is 4.98 Å². The first kappa shape index (κ1) is 25.8. The summed E-state index contributed by atoms with van der Waals surface area (Å²) in [6.45, 7) is 0. The van der Waals surface area contributed by atoms with Crippen LogP contribution in [-0.2, 0) is 28.3 Å². The molecule has 0 aliphatic heterocycles. The number of ether oxygens (including phenoxy) is 1. The van der Waals surface area contributed by atoms with E-state index in [1.54, 1.807) is 6.07 Å². The SMILES string of the molecule is N#Cc1cc(N(c2ccc(CCC(N)=O)cn2)[SH](=O)=O)ccc1Oc1ccc(Cl)c(C(F)(F)F)c1. The summed E-state index contributed by atoms with van der Waals surface area (Å²) in [6.07, 6.45) is -2.88.